The maximum absolute atomic E-state index is 10.3. The van der Waals surface area contributed by atoms with E-state index in [0.29, 0.717) is 0 Å². The van der Waals surface area contributed by atoms with Crippen LogP contribution in [0.5, 0.6) is 0 Å². The predicted octanol–water partition coefficient (Wildman–Crippen LogP) is 2.90. The van der Waals surface area contributed by atoms with Crippen molar-refractivity contribution in [1.29, 1.82) is 0 Å². The van der Waals surface area contributed by atoms with Gasteiger partial charge in [0.15, 0.2) is 11.1 Å². The molecule has 0 aliphatic carbocycles. The molecule has 1 atom stereocenters. The van der Waals surface area contributed by atoms with E-state index in [2.05, 4.69) is 19.9 Å². The highest BCUT2D eigenvalue weighted by atomic mass is 32.2. The average Bonchev–Trinajstić information content (AvgIpc) is 2.00. The van der Waals surface area contributed by atoms with Crippen molar-refractivity contribution in [3.05, 3.63) is 23.3 Å². The van der Waals surface area contributed by atoms with Gasteiger partial charge < -0.3 is 4.55 Å². The summed E-state index contributed by atoms with van der Waals surface area (Å²) in [5, 5.41) is 0. The highest BCUT2D eigenvalue weighted by molar-refractivity contribution is 7.79. The van der Waals surface area contributed by atoms with E-state index in [1.165, 1.54) is 11.1 Å². The molecule has 2 nitrogen and oxygen atoms in total. The molecule has 0 aromatic carbocycles. The van der Waals surface area contributed by atoms with E-state index in [1.807, 2.05) is 13.0 Å². The van der Waals surface area contributed by atoms with Gasteiger partial charge in [-0.2, -0.15) is 0 Å². The van der Waals surface area contributed by atoms with Crippen LogP contribution >= 0.6 is 0 Å². The molecule has 0 rings (SSSR count). The molecule has 1 N–H and O–H groups in total. The maximum atomic E-state index is 10.3. The average molecular weight is 202 g/mol. The second-order valence-electron chi connectivity index (χ2n) is 3.36. The Kier molecular flexibility index (Phi) is 6.82. The van der Waals surface area contributed by atoms with Crippen LogP contribution in [0.1, 0.15) is 33.6 Å². The Balaban J connectivity index is 3.73. The lowest BCUT2D eigenvalue weighted by molar-refractivity contribution is 0.567. The second kappa shape index (κ2) is 7.04. The summed E-state index contributed by atoms with van der Waals surface area (Å²) in [4.78, 5) is 0. The van der Waals surface area contributed by atoms with Crippen LogP contribution in [0.3, 0.4) is 0 Å². The van der Waals surface area contributed by atoms with E-state index in [-0.39, 0.29) is 5.75 Å². The van der Waals surface area contributed by atoms with Crippen LogP contribution in [-0.2, 0) is 11.1 Å². The number of allylic oxidation sites excluding steroid dienone is 3. The summed E-state index contributed by atoms with van der Waals surface area (Å²) in [6.07, 6.45) is 5.99. The van der Waals surface area contributed by atoms with Gasteiger partial charge in [0.1, 0.15) is 0 Å². The molecule has 0 amide bonds. The highest BCUT2D eigenvalue weighted by Gasteiger charge is 1.91. The SMILES string of the molecule is CC(C)=CCCC(C)=CCS(=O)O. The summed E-state index contributed by atoms with van der Waals surface area (Å²) >= 11 is -1.69. The highest BCUT2D eigenvalue weighted by Crippen LogP contribution is 2.06. The van der Waals surface area contributed by atoms with Gasteiger partial charge in [-0.05, 0) is 33.6 Å². The fourth-order valence-electron chi connectivity index (χ4n) is 0.904. The molecule has 0 radical (unpaired) electrons. The first kappa shape index (κ1) is 12.6. The number of hydrogen-bond donors (Lipinski definition) is 1. The molecule has 0 aliphatic rings. The Morgan fingerprint density at radius 3 is 2.38 bits per heavy atom. The van der Waals surface area contributed by atoms with Gasteiger partial charge in [0.2, 0.25) is 0 Å². The maximum Gasteiger partial charge on any atom is 0.156 e. The summed E-state index contributed by atoms with van der Waals surface area (Å²) in [6, 6.07) is 0. The van der Waals surface area contributed by atoms with Gasteiger partial charge in [-0.15, -0.1) is 0 Å². The van der Waals surface area contributed by atoms with Crippen LogP contribution in [0, 0.1) is 0 Å². The topological polar surface area (TPSA) is 37.3 Å². The number of rotatable bonds is 5. The van der Waals surface area contributed by atoms with E-state index in [9.17, 15) is 4.21 Å². The lowest BCUT2D eigenvalue weighted by atomic mass is 10.1. The van der Waals surface area contributed by atoms with Crippen LogP contribution in [0.25, 0.3) is 0 Å². The molecule has 0 spiro atoms. The second-order valence-corrected chi connectivity index (χ2v) is 4.34. The summed E-state index contributed by atoms with van der Waals surface area (Å²) in [7, 11) is 0. The van der Waals surface area contributed by atoms with E-state index in [4.69, 9.17) is 4.55 Å². The Hall–Kier alpha value is -0.410. The molecule has 0 heterocycles. The van der Waals surface area contributed by atoms with E-state index in [1.54, 1.807) is 0 Å². The van der Waals surface area contributed by atoms with Crippen molar-refractivity contribution >= 4 is 11.1 Å². The minimum absolute atomic E-state index is 0.251. The normalized spacial score (nSPS) is 14.0. The van der Waals surface area contributed by atoms with Crippen molar-refractivity contribution in [2.45, 2.75) is 33.6 Å². The third-order valence-corrected chi connectivity index (χ3v) is 2.12. The summed E-state index contributed by atoms with van der Waals surface area (Å²) in [6.45, 7) is 6.13. The van der Waals surface area contributed by atoms with E-state index >= 15 is 0 Å². The van der Waals surface area contributed by atoms with Gasteiger partial charge in [-0.1, -0.05) is 23.3 Å². The van der Waals surface area contributed by atoms with Gasteiger partial charge in [-0.25, -0.2) is 4.21 Å². The molecule has 0 aliphatic heterocycles. The molecule has 0 bridgehead atoms. The Morgan fingerprint density at radius 2 is 1.92 bits per heavy atom. The fourth-order valence-corrected chi connectivity index (χ4v) is 1.33. The Labute approximate surface area is 83.0 Å². The van der Waals surface area contributed by atoms with Crippen LogP contribution in [-0.4, -0.2) is 14.5 Å². The van der Waals surface area contributed by atoms with Crippen molar-refractivity contribution in [2.24, 2.45) is 0 Å². The van der Waals surface area contributed by atoms with Crippen molar-refractivity contribution < 1.29 is 8.76 Å². The van der Waals surface area contributed by atoms with Crippen LogP contribution < -0.4 is 0 Å². The molecule has 0 aromatic rings. The van der Waals surface area contributed by atoms with Gasteiger partial charge in [-0.3, -0.25) is 0 Å². The van der Waals surface area contributed by atoms with E-state index < -0.39 is 11.1 Å². The zero-order valence-electron chi connectivity index (χ0n) is 8.54. The van der Waals surface area contributed by atoms with Gasteiger partial charge in [0.25, 0.3) is 0 Å². The van der Waals surface area contributed by atoms with Crippen molar-refractivity contribution in [3.8, 4) is 0 Å². The lowest BCUT2D eigenvalue weighted by Crippen LogP contribution is -1.91. The first-order valence-electron chi connectivity index (χ1n) is 4.39. The summed E-state index contributed by atoms with van der Waals surface area (Å²) in [5.74, 6) is 0.251. The molecular formula is C10H18O2S. The van der Waals surface area contributed by atoms with Crippen molar-refractivity contribution in [3.63, 3.8) is 0 Å². The van der Waals surface area contributed by atoms with Crippen LogP contribution in [0.2, 0.25) is 0 Å². The molecule has 3 heteroatoms. The zero-order valence-corrected chi connectivity index (χ0v) is 9.36. The minimum Gasteiger partial charge on any atom is -0.306 e. The molecular weight excluding hydrogens is 184 g/mol. The quantitative estimate of drug-likeness (QED) is 0.550. The molecule has 76 valence electrons. The molecule has 0 saturated carbocycles. The van der Waals surface area contributed by atoms with Gasteiger partial charge in [0, 0.05) is 0 Å². The molecule has 1 unspecified atom stereocenters. The van der Waals surface area contributed by atoms with Crippen LogP contribution in [0.4, 0.5) is 0 Å². The molecule has 0 aromatic heterocycles. The standard InChI is InChI=1S/C10H18O2S/c1-9(2)5-4-6-10(3)7-8-13(11)12/h5,7H,4,6,8H2,1-3H3,(H,11,12). The monoisotopic (exact) mass is 202 g/mol. The molecule has 13 heavy (non-hydrogen) atoms. The predicted molar refractivity (Wildman–Crippen MR) is 58.1 cm³/mol. The Morgan fingerprint density at radius 1 is 1.31 bits per heavy atom. The van der Waals surface area contributed by atoms with Gasteiger partial charge >= 0.3 is 0 Å². The van der Waals surface area contributed by atoms with Crippen molar-refractivity contribution in [1.82, 2.24) is 0 Å². The smallest absolute Gasteiger partial charge is 0.156 e. The first-order chi connectivity index (χ1) is 6.02. The van der Waals surface area contributed by atoms with E-state index in [0.717, 1.165) is 12.8 Å². The fraction of sp³-hybridized carbons (Fsp3) is 0.600. The first-order valence-corrected chi connectivity index (χ1v) is 5.66. The van der Waals surface area contributed by atoms with Gasteiger partial charge in [0.05, 0.1) is 5.75 Å². The summed E-state index contributed by atoms with van der Waals surface area (Å²) in [5.41, 5.74) is 2.50. The zero-order chi connectivity index (χ0) is 10.3. The van der Waals surface area contributed by atoms with Crippen LogP contribution in [0.15, 0.2) is 23.3 Å². The molecule has 0 saturated heterocycles. The lowest BCUT2D eigenvalue weighted by Gasteiger charge is -1.97. The Bertz CT molecular complexity index is 225. The third kappa shape index (κ3) is 9.50. The minimum atomic E-state index is -1.69. The molecule has 0 fully saturated rings. The number of hydrogen-bond acceptors (Lipinski definition) is 1. The third-order valence-electron chi connectivity index (χ3n) is 1.67. The summed E-state index contributed by atoms with van der Waals surface area (Å²) < 4.78 is 18.9. The largest absolute Gasteiger partial charge is 0.306 e. The van der Waals surface area contributed by atoms with Crippen molar-refractivity contribution in [2.75, 3.05) is 5.75 Å².